The summed E-state index contributed by atoms with van der Waals surface area (Å²) in [5, 5.41) is 0. The van der Waals surface area contributed by atoms with Crippen LogP contribution in [0.3, 0.4) is 0 Å². The van der Waals surface area contributed by atoms with E-state index in [0.717, 1.165) is 0 Å². The molecule has 1 fully saturated rings. The van der Waals surface area contributed by atoms with Crippen LogP contribution in [0.2, 0.25) is 0 Å². The van der Waals surface area contributed by atoms with Gasteiger partial charge in [0.1, 0.15) is 24.1 Å². The first-order valence-corrected chi connectivity index (χ1v) is 7.29. The lowest BCUT2D eigenvalue weighted by molar-refractivity contribution is -0.177. The van der Waals surface area contributed by atoms with Gasteiger partial charge in [0, 0.05) is 14.2 Å². The molecular weight excluding hydrogens is 308 g/mol. The summed E-state index contributed by atoms with van der Waals surface area (Å²) in [6.45, 7) is 3.95. The Kier molecular flexibility index (Phi) is 5.74. The van der Waals surface area contributed by atoms with Crippen molar-refractivity contribution in [1.29, 1.82) is 0 Å². The van der Waals surface area contributed by atoms with Crippen LogP contribution in [0.1, 0.15) is 20.3 Å². The normalized spacial score (nSPS) is 28.9. The van der Waals surface area contributed by atoms with E-state index in [0.29, 0.717) is 12.2 Å². The largest absolute Gasteiger partial charge is 0.459 e. The molecule has 2 heterocycles. The van der Waals surface area contributed by atoms with Crippen molar-refractivity contribution in [2.45, 2.75) is 50.5 Å². The summed E-state index contributed by atoms with van der Waals surface area (Å²) in [6.07, 6.45) is -0.781. The van der Waals surface area contributed by atoms with Crippen molar-refractivity contribution < 1.29 is 38.0 Å². The van der Waals surface area contributed by atoms with E-state index in [9.17, 15) is 9.59 Å². The van der Waals surface area contributed by atoms with Crippen LogP contribution in [0.25, 0.3) is 0 Å². The van der Waals surface area contributed by atoms with Gasteiger partial charge in [0.25, 0.3) is 6.47 Å². The first-order valence-electron chi connectivity index (χ1n) is 7.29. The van der Waals surface area contributed by atoms with Crippen LogP contribution < -0.4 is 0 Å². The number of carbonyl (C=O) groups excluding carboxylic acids is 2. The first-order chi connectivity index (χ1) is 10.9. The molecule has 130 valence electrons. The average Bonchev–Trinajstić information content (AvgIpc) is 3.03. The number of hydrogen-bond donors (Lipinski definition) is 0. The van der Waals surface area contributed by atoms with Crippen molar-refractivity contribution in [3.8, 4) is 0 Å². The Hall–Kier alpha value is -1.48. The fraction of sp³-hybridized carbons (Fsp3) is 0.733. The van der Waals surface area contributed by atoms with Crippen LogP contribution in [-0.4, -0.2) is 63.5 Å². The molecule has 0 spiro atoms. The van der Waals surface area contributed by atoms with E-state index in [4.69, 9.17) is 28.4 Å². The Morgan fingerprint density at radius 2 is 2.13 bits per heavy atom. The highest BCUT2D eigenvalue weighted by molar-refractivity contribution is 5.75. The number of cyclic esters (lactones) is 1. The summed E-state index contributed by atoms with van der Waals surface area (Å²) in [5.74, 6) is -0.866. The molecule has 2 rings (SSSR count). The molecule has 0 aromatic heterocycles. The number of methoxy groups -OCH3 is 2. The summed E-state index contributed by atoms with van der Waals surface area (Å²) in [5.41, 5.74) is 0. The van der Waals surface area contributed by atoms with E-state index >= 15 is 0 Å². The third-order valence-corrected chi connectivity index (χ3v) is 3.63. The predicted molar refractivity (Wildman–Crippen MR) is 76.2 cm³/mol. The lowest BCUT2D eigenvalue weighted by Gasteiger charge is -2.30. The van der Waals surface area contributed by atoms with E-state index in [-0.39, 0.29) is 19.0 Å². The maximum absolute atomic E-state index is 11.4. The molecule has 8 heteroatoms. The van der Waals surface area contributed by atoms with E-state index in [2.05, 4.69) is 0 Å². The molecule has 0 aromatic rings. The Morgan fingerprint density at radius 1 is 1.39 bits per heavy atom. The second-order valence-corrected chi connectivity index (χ2v) is 5.73. The second-order valence-electron chi connectivity index (χ2n) is 5.73. The van der Waals surface area contributed by atoms with Gasteiger partial charge in [-0.1, -0.05) is 0 Å². The van der Waals surface area contributed by atoms with Gasteiger partial charge in [-0.05, 0) is 19.9 Å². The SMILES string of the molecule is COC[C@H](OC=O)[C@@H](OC)[C@H]1OC(C)(C)O[C@@H]1C1=CCC(=O)O1. The third kappa shape index (κ3) is 4.08. The molecule has 0 bridgehead atoms. The zero-order valence-electron chi connectivity index (χ0n) is 13.6. The number of esters is 1. The molecule has 0 aliphatic carbocycles. The molecule has 0 unspecified atom stereocenters. The van der Waals surface area contributed by atoms with Gasteiger partial charge < -0.3 is 28.4 Å². The Morgan fingerprint density at radius 3 is 2.65 bits per heavy atom. The molecule has 0 radical (unpaired) electrons. The fourth-order valence-corrected chi connectivity index (χ4v) is 2.77. The molecule has 0 saturated carbocycles. The van der Waals surface area contributed by atoms with Crippen molar-refractivity contribution in [3.05, 3.63) is 11.8 Å². The Labute approximate surface area is 134 Å². The number of ether oxygens (including phenoxy) is 6. The molecular formula is C15H22O8. The highest BCUT2D eigenvalue weighted by Crippen LogP contribution is 2.37. The average molecular weight is 330 g/mol. The van der Waals surface area contributed by atoms with Crippen molar-refractivity contribution in [1.82, 2.24) is 0 Å². The Balaban J connectivity index is 2.23. The minimum absolute atomic E-state index is 0.128. The van der Waals surface area contributed by atoms with Gasteiger partial charge in [0.05, 0.1) is 13.0 Å². The molecule has 0 N–H and O–H groups in total. The monoisotopic (exact) mass is 330 g/mol. The third-order valence-electron chi connectivity index (χ3n) is 3.63. The molecule has 2 aliphatic rings. The number of hydrogen-bond acceptors (Lipinski definition) is 8. The summed E-state index contributed by atoms with van der Waals surface area (Å²) >= 11 is 0. The molecule has 23 heavy (non-hydrogen) atoms. The van der Waals surface area contributed by atoms with Crippen LogP contribution in [0.4, 0.5) is 0 Å². The maximum Gasteiger partial charge on any atom is 0.314 e. The fourth-order valence-electron chi connectivity index (χ4n) is 2.77. The van der Waals surface area contributed by atoms with Crippen molar-refractivity contribution >= 4 is 12.4 Å². The zero-order valence-corrected chi connectivity index (χ0v) is 13.6. The van der Waals surface area contributed by atoms with Gasteiger partial charge in [-0.15, -0.1) is 0 Å². The van der Waals surface area contributed by atoms with E-state index in [1.165, 1.54) is 14.2 Å². The molecule has 8 nitrogen and oxygen atoms in total. The smallest absolute Gasteiger partial charge is 0.314 e. The van der Waals surface area contributed by atoms with Gasteiger partial charge in [-0.3, -0.25) is 9.59 Å². The van der Waals surface area contributed by atoms with E-state index in [1.807, 2.05) is 0 Å². The lowest BCUT2D eigenvalue weighted by atomic mass is 10.0. The standard InChI is InChI=1S/C15H22O8/c1-15(2)22-13(9-5-6-11(17)21-9)14(23-15)12(19-4)10(7-18-3)20-8-16/h5,8,10,12-14H,6-7H2,1-4H3/t10-,12+,13+,14+/m0/s1. The van der Waals surface area contributed by atoms with Crippen LogP contribution in [0, 0.1) is 0 Å². The van der Waals surface area contributed by atoms with E-state index < -0.39 is 30.2 Å². The van der Waals surface area contributed by atoms with E-state index in [1.54, 1.807) is 19.9 Å². The quantitative estimate of drug-likeness (QED) is 0.470. The predicted octanol–water partition coefficient (Wildman–Crippen LogP) is 0.540. The molecule has 2 aliphatic heterocycles. The topological polar surface area (TPSA) is 89.5 Å². The minimum atomic E-state index is -0.902. The number of rotatable bonds is 8. The second kappa shape index (κ2) is 7.39. The van der Waals surface area contributed by atoms with Crippen LogP contribution in [0.15, 0.2) is 11.8 Å². The maximum atomic E-state index is 11.4. The summed E-state index contributed by atoms with van der Waals surface area (Å²) in [6, 6.07) is 0. The number of carbonyl (C=O) groups is 2. The summed E-state index contributed by atoms with van der Waals surface area (Å²) in [4.78, 5) is 22.1. The Bertz CT molecular complexity index is 472. The molecule has 4 atom stereocenters. The van der Waals surface area contributed by atoms with Crippen molar-refractivity contribution in [3.63, 3.8) is 0 Å². The van der Waals surface area contributed by atoms with Crippen LogP contribution in [0.5, 0.6) is 0 Å². The highest BCUT2D eigenvalue weighted by atomic mass is 16.8. The first kappa shape index (κ1) is 17.9. The van der Waals surface area contributed by atoms with Gasteiger partial charge in [0.2, 0.25) is 0 Å². The van der Waals surface area contributed by atoms with Gasteiger partial charge in [-0.25, -0.2) is 0 Å². The summed E-state index contributed by atoms with van der Waals surface area (Å²) < 4.78 is 32.5. The minimum Gasteiger partial charge on any atom is -0.459 e. The lowest BCUT2D eigenvalue weighted by Crippen LogP contribution is -2.48. The highest BCUT2D eigenvalue weighted by Gasteiger charge is 2.51. The van der Waals surface area contributed by atoms with Crippen LogP contribution >= 0.6 is 0 Å². The van der Waals surface area contributed by atoms with Crippen molar-refractivity contribution in [2.24, 2.45) is 0 Å². The van der Waals surface area contributed by atoms with Crippen molar-refractivity contribution in [2.75, 3.05) is 20.8 Å². The summed E-state index contributed by atoms with van der Waals surface area (Å²) in [7, 11) is 2.96. The molecule has 0 aromatic carbocycles. The van der Waals surface area contributed by atoms with Gasteiger partial charge in [0.15, 0.2) is 11.9 Å². The van der Waals surface area contributed by atoms with Gasteiger partial charge >= 0.3 is 5.97 Å². The van der Waals surface area contributed by atoms with Gasteiger partial charge in [-0.2, -0.15) is 0 Å². The zero-order chi connectivity index (χ0) is 17.0. The molecule has 1 saturated heterocycles. The van der Waals surface area contributed by atoms with Crippen LogP contribution in [-0.2, 0) is 38.0 Å². The molecule has 0 amide bonds.